The van der Waals surface area contributed by atoms with Gasteiger partial charge in [-0.25, -0.2) is 0 Å². The van der Waals surface area contributed by atoms with E-state index in [1.807, 2.05) is 18.7 Å². The van der Waals surface area contributed by atoms with Gasteiger partial charge in [0, 0.05) is 32.6 Å². The third-order valence-electron chi connectivity index (χ3n) is 3.17. The van der Waals surface area contributed by atoms with Crippen LogP contribution in [0.5, 0.6) is 0 Å². The smallest absolute Gasteiger partial charge is 0.236 e. The highest BCUT2D eigenvalue weighted by Crippen LogP contribution is 2.10. The summed E-state index contributed by atoms with van der Waals surface area (Å²) in [5.41, 5.74) is 0. The number of piperidine rings is 1. The van der Waals surface area contributed by atoms with Crippen LogP contribution in [-0.2, 0) is 9.59 Å². The number of rotatable bonds is 4. The molecule has 1 saturated heterocycles. The Hall–Kier alpha value is -1.10. The summed E-state index contributed by atoms with van der Waals surface area (Å²) in [6.07, 6.45) is 1.84. The molecule has 98 valence electrons. The van der Waals surface area contributed by atoms with Crippen molar-refractivity contribution >= 4 is 11.8 Å². The second-order valence-electron chi connectivity index (χ2n) is 4.56. The number of hydrogen-bond acceptors (Lipinski definition) is 3. The highest BCUT2D eigenvalue weighted by molar-refractivity contribution is 5.81. The number of likely N-dealkylation sites (tertiary alicyclic amines) is 1. The van der Waals surface area contributed by atoms with Crippen LogP contribution in [0.1, 0.15) is 33.6 Å². The Bertz CT molecular complexity index is 273. The number of likely N-dealkylation sites (N-methyl/N-ethyl adjacent to an activating group) is 1. The maximum atomic E-state index is 11.6. The molecule has 1 atom stereocenters. The van der Waals surface area contributed by atoms with Crippen molar-refractivity contribution in [1.29, 1.82) is 0 Å². The summed E-state index contributed by atoms with van der Waals surface area (Å²) < 4.78 is 0. The fourth-order valence-electron chi connectivity index (χ4n) is 2.12. The third kappa shape index (κ3) is 4.34. The van der Waals surface area contributed by atoms with E-state index < -0.39 is 0 Å². The topological polar surface area (TPSA) is 61.4 Å². The van der Waals surface area contributed by atoms with E-state index in [2.05, 4.69) is 10.6 Å². The quantitative estimate of drug-likeness (QED) is 0.734. The Morgan fingerprint density at radius 1 is 1.35 bits per heavy atom. The van der Waals surface area contributed by atoms with Crippen LogP contribution in [-0.4, -0.2) is 48.4 Å². The van der Waals surface area contributed by atoms with Crippen LogP contribution in [0.15, 0.2) is 0 Å². The molecule has 1 fully saturated rings. The predicted molar refractivity (Wildman–Crippen MR) is 66.6 cm³/mol. The van der Waals surface area contributed by atoms with E-state index in [0.717, 1.165) is 25.9 Å². The highest BCUT2D eigenvalue weighted by atomic mass is 16.2. The van der Waals surface area contributed by atoms with Gasteiger partial charge in [0.25, 0.3) is 0 Å². The van der Waals surface area contributed by atoms with E-state index in [4.69, 9.17) is 0 Å². The van der Waals surface area contributed by atoms with Gasteiger partial charge in [0.2, 0.25) is 11.8 Å². The predicted octanol–water partition coefficient (Wildman–Crippen LogP) is 0.112. The fraction of sp³-hybridized carbons (Fsp3) is 0.833. The van der Waals surface area contributed by atoms with Gasteiger partial charge in [0.1, 0.15) is 0 Å². The standard InChI is InChI=1S/C12H23N3O2/c1-4-13-12(17)9(2)14-11-5-7-15(8-6-11)10(3)16/h9,11,14H,4-8H2,1-3H3,(H,13,17). The van der Waals surface area contributed by atoms with Crippen LogP contribution in [0.2, 0.25) is 0 Å². The minimum Gasteiger partial charge on any atom is -0.355 e. The number of nitrogens with zero attached hydrogens (tertiary/aromatic N) is 1. The molecule has 0 aromatic rings. The summed E-state index contributed by atoms with van der Waals surface area (Å²) in [5, 5.41) is 6.11. The number of hydrogen-bond donors (Lipinski definition) is 2. The van der Waals surface area contributed by atoms with Crippen molar-refractivity contribution in [3.05, 3.63) is 0 Å². The zero-order valence-corrected chi connectivity index (χ0v) is 11.0. The first-order valence-electron chi connectivity index (χ1n) is 6.33. The minimum absolute atomic E-state index is 0.0431. The molecular weight excluding hydrogens is 218 g/mol. The summed E-state index contributed by atoms with van der Waals surface area (Å²) in [5.74, 6) is 0.182. The summed E-state index contributed by atoms with van der Waals surface area (Å²) in [6.45, 7) is 7.63. The van der Waals surface area contributed by atoms with Gasteiger partial charge in [0.15, 0.2) is 0 Å². The fourth-order valence-corrected chi connectivity index (χ4v) is 2.12. The van der Waals surface area contributed by atoms with Crippen molar-refractivity contribution in [2.75, 3.05) is 19.6 Å². The lowest BCUT2D eigenvalue weighted by molar-refractivity contribution is -0.130. The van der Waals surface area contributed by atoms with Gasteiger partial charge in [-0.2, -0.15) is 0 Å². The second-order valence-corrected chi connectivity index (χ2v) is 4.56. The lowest BCUT2D eigenvalue weighted by Gasteiger charge is -2.33. The van der Waals surface area contributed by atoms with Crippen LogP contribution in [0, 0.1) is 0 Å². The van der Waals surface area contributed by atoms with E-state index in [0.29, 0.717) is 12.6 Å². The highest BCUT2D eigenvalue weighted by Gasteiger charge is 2.23. The van der Waals surface area contributed by atoms with Crippen LogP contribution in [0.4, 0.5) is 0 Å². The third-order valence-corrected chi connectivity index (χ3v) is 3.17. The van der Waals surface area contributed by atoms with Crippen molar-refractivity contribution in [3.63, 3.8) is 0 Å². The summed E-state index contributed by atoms with van der Waals surface area (Å²) >= 11 is 0. The molecular formula is C12H23N3O2. The van der Waals surface area contributed by atoms with Crippen LogP contribution in [0.25, 0.3) is 0 Å². The minimum atomic E-state index is -0.163. The van der Waals surface area contributed by atoms with Gasteiger partial charge in [-0.3, -0.25) is 9.59 Å². The van der Waals surface area contributed by atoms with Gasteiger partial charge in [-0.05, 0) is 26.7 Å². The first-order chi connectivity index (χ1) is 8.04. The lowest BCUT2D eigenvalue weighted by Crippen LogP contribution is -2.51. The Balaban J connectivity index is 2.30. The van der Waals surface area contributed by atoms with E-state index >= 15 is 0 Å². The maximum absolute atomic E-state index is 11.6. The van der Waals surface area contributed by atoms with E-state index in [1.165, 1.54) is 0 Å². The zero-order chi connectivity index (χ0) is 12.8. The summed E-state index contributed by atoms with van der Waals surface area (Å²) in [7, 11) is 0. The van der Waals surface area contributed by atoms with E-state index in [1.54, 1.807) is 6.92 Å². The molecule has 1 unspecified atom stereocenters. The van der Waals surface area contributed by atoms with Crippen molar-refractivity contribution in [2.45, 2.75) is 45.7 Å². The lowest BCUT2D eigenvalue weighted by atomic mass is 10.0. The van der Waals surface area contributed by atoms with E-state index in [-0.39, 0.29) is 17.9 Å². The Morgan fingerprint density at radius 2 is 1.94 bits per heavy atom. The average molecular weight is 241 g/mol. The molecule has 1 heterocycles. The van der Waals surface area contributed by atoms with E-state index in [9.17, 15) is 9.59 Å². The molecule has 5 nitrogen and oxygen atoms in total. The van der Waals surface area contributed by atoms with Crippen LogP contribution in [0.3, 0.4) is 0 Å². The molecule has 0 aromatic carbocycles. The Morgan fingerprint density at radius 3 is 2.41 bits per heavy atom. The number of carbonyl (C=O) groups excluding carboxylic acids is 2. The monoisotopic (exact) mass is 241 g/mol. The molecule has 0 aliphatic carbocycles. The zero-order valence-electron chi connectivity index (χ0n) is 11.0. The van der Waals surface area contributed by atoms with Gasteiger partial charge in [0.05, 0.1) is 6.04 Å². The molecule has 0 bridgehead atoms. The molecule has 0 aromatic heterocycles. The van der Waals surface area contributed by atoms with Gasteiger partial charge >= 0.3 is 0 Å². The molecule has 0 spiro atoms. The van der Waals surface area contributed by atoms with Crippen molar-refractivity contribution < 1.29 is 9.59 Å². The maximum Gasteiger partial charge on any atom is 0.236 e. The second kappa shape index (κ2) is 6.59. The van der Waals surface area contributed by atoms with Crippen LogP contribution < -0.4 is 10.6 Å². The van der Waals surface area contributed by atoms with Gasteiger partial charge in [-0.1, -0.05) is 0 Å². The van der Waals surface area contributed by atoms with Crippen molar-refractivity contribution in [1.82, 2.24) is 15.5 Å². The number of amides is 2. The van der Waals surface area contributed by atoms with Gasteiger partial charge < -0.3 is 15.5 Å². The number of carbonyl (C=O) groups is 2. The van der Waals surface area contributed by atoms with Gasteiger partial charge in [-0.15, -0.1) is 0 Å². The van der Waals surface area contributed by atoms with Crippen LogP contribution >= 0.6 is 0 Å². The molecule has 1 aliphatic heterocycles. The first kappa shape index (κ1) is 14.0. The molecule has 5 heteroatoms. The first-order valence-corrected chi connectivity index (χ1v) is 6.33. The molecule has 1 aliphatic rings. The summed E-state index contributed by atoms with van der Waals surface area (Å²) in [6, 6.07) is 0.173. The van der Waals surface area contributed by atoms with Crippen molar-refractivity contribution in [2.24, 2.45) is 0 Å². The average Bonchev–Trinajstić information content (AvgIpc) is 2.30. The number of nitrogens with one attached hydrogen (secondary N) is 2. The summed E-state index contributed by atoms with van der Waals surface area (Å²) in [4.78, 5) is 24.6. The largest absolute Gasteiger partial charge is 0.355 e. The normalized spacial score (nSPS) is 18.9. The molecule has 2 N–H and O–H groups in total. The molecule has 0 saturated carbocycles. The van der Waals surface area contributed by atoms with Crippen molar-refractivity contribution in [3.8, 4) is 0 Å². The Kier molecular flexibility index (Phi) is 5.41. The Labute approximate surface area is 103 Å². The molecule has 17 heavy (non-hydrogen) atoms. The molecule has 0 radical (unpaired) electrons. The molecule has 1 rings (SSSR count). The molecule has 2 amide bonds. The SMILES string of the molecule is CCNC(=O)C(C)NC1CCN(C(C)=O)CC1.